The van der Waals surface area contributed by atoms with Crippen LogP contribution in [0.5, 0.6) is 0 Å². The summed E-state index contributed by atoms with van der Waals surface area (Å²) >= 11 is 3.22. The predicted octanol–water partition coefficient (Wildman–Crippen LogP) is 3.10. The first-order valence-electron chi connectivity index (χ1n) is 4.72. The van der Waals surface area contributed by atoms with Crippen LogP contribution in [0.25, 0.3) is 0 Å². The molecule has 1 nitrogen and oxygen atoms in total. The molecule has 0 atom stereocenters. The second-order valence-electron chi connectivity index (χ2n) is 3.49. The number of hydrogen-bond donors (Lipinski definition) is 1. The van der Waals surface area contributed by atoms with E-state index in [-0.39, 0.29) is 5.82 Å². The Hall–Kier alpha value is -0.410. The maximum absolute atomic E-state index is 13.7. The molecule has 3 heteroatoms. The first-order valence-corrected chi connectivity index (χ1v) is 5.51. The first-order chi connectivity index (χ1) is 6.57. The fraction of sp³-hybridized carbons (Fsp3) is 0.455. The highest BCUT2D eigenvalue weighted by Crippen LogP contribution is 2.26. The van der Waals surface area contributed by atoms with Crippen molar-refractivity contribution in [2.45, 2.75) is 26.7 Å². The van der Waals surface area contributed by atoms with Gasteiger partial charge in [-0.1, -0.05) is 0 Å². The van der Waals surface area contributed by atoms with Gasteiger partial charge in [0.15, 0.2) is 0 Å². The SMILES string of the molecule is Cc1cc(Br)c(F)c(CCCN)c1C. The van der Waals surface area contributed by atoms with E-state index < -0.39 is 0 Å². The average molecular weight is 260 g/mol. The van der Waals surface area contributed by atoms with Crippen molar-refractivity contribution in [1.29, 1.82) is 0 Å². The molecule has 0 unspecified atom stereocenters. The van der Waals surface area contributed by atoms with Gasteiger partial charge in [0, 0.05) is 0 Å². The van der Waals surface area contributed by atoms with Crippen LogP contribution in [0.3, 0.4) is 0 Å². The van der Waals surface area contributed by atoms with Gasteiger partial charge in [-0.05, 0) is 71.9 Å². The molecule has 1 aromatic rings. The van der Waals surface area contributed by atoms with Gasteiger partial charge in [-0.15, -0.1) is 0 Å². The van der Waals surface area contributed by atoms with Crippen LogP contribution in [0.15, 0.2) is 10.5 Å². The molecule has 0 radical (unpaired) electrons. The fourth-order valence-corrected chi connectivity index (χ4v) is 2.07. The maximum Gasteiger partial charge on any atom is 0.140 e. The van der Waals surface area contributed by atoms with Gasteiger partial charge in [0.25, 0.3) is 0 Å². The number of rotatable bonds is 3. The second kappa shape index (κ2) is 4.89. The Labute approximate surface area is 92.6 Å². The Bertz CT molecular complexity index is 310. The lowest BCUT2D eigenvalue weighted by Gasteiger charge is -2.11. The number of nitrogens with two attached hydrogens (primary N) is 1. The van der Waals surface area contributed by atoms with Crippen molar-refractivity contribution in [3.05, 3.63) is 33.0 Å². The van der Waals surface area contributed by atoms with E-state index >= 15 is 0 Å². The van der Waals surface area contributed by atoms with Crippen LogP contribution in [0.2, 0.25) is 0 Å². The van der Waals surface area contributed by atoms with Crippen LogP contribution in [-0.4, -0.2) is 6.54 Å². The summed E-state index contributed by atoms with van der Waals surface area (Å²) in [4.78, 5) is 0. The van der Waals surface area contributed by atoms with Gasteiger partial charge in [-0.2, -0.15) is 0 Å². The van der Waals surface area contributed by atoms with E-state index in [1.807, 2.05) is 19.9 Å². The molecule has 0 saturated carbocycles. The van der Waals surface area contributed by atoms with E-state index in [4.69, 9.17) is 5.73 Å². The summed E-state index contributed by atoms with van der Waals surface area (Å²) in [5.74, 6) is -0.137. The number of halogens is 2. The Morgan fingerprint density at radius 1 is 1.43 bits per heavy atom. The summed E-state index contributed by atoms with van der Waals surface area (Å²) in [5.41, 5.74) is 8.37. The molecule has 0 fully saturated rings. The molecule has 0 amide bonds. The van der Waals surface area contributed by atoms with Crippen LogP contribution in [0.1, 0.15) is 23.1 Å². The van der Waals surface area contributed by atoms with Gasteiger partial charge in [0.1, 0.15) is 5.82 Å². The molecule has 0 bridgehead atoms. The first kappa shape index (κ1) is 11.7. The zero-order valence-electron chi connectivity index (χ0n) is 8.53. The monoisotopic (exact) mass is 259 g/mol. The van der Waals surface area contributed by atoms with Crippen molar-refractivity contribution in [3.8, 4) is 0 Å². The van der Waals surface area contributed by atoms with Crippen molar-refractivity contribution >= 4 is 15.9 Å². The summed E-state index contributed by atoms with van der Waals surface area (Å²) in [6, 6.07) is 1.82. The minimum Gasteiger partial charge on any atom is -0.330 e. The molecule has 78 valence electrons. The van der Waals surface area contributed by atoms with Crippen LogP contribution < -0.4 is 5.73 Å². The van der Waals surface area contributed by atoms with E-state index in [0.717, 1.165) is 23.1 Å². The van der Waals surface area contributed by atoms with Crippen LogP contribution in [-0.2, 0) is 6.42 Å². The van der Waals surface area contributed by atoms with Crippen LogP contribution >= 0.6 is 15.9 Å². The second-order valence-corrected chi connectivity index (χ2v) is 4.34. The van der Waals surface area contributed by atoms with E-state index in [0.29, 0.717) is 17.4 Å². The van der Waals surface area contributed by atoms with Crippen LogP contribution in [0.4, 0.5) is 4.39 Å². The van der Waals surface area contributed by atoms with Crippen LogP contribution in [0, 0.1) is 19.7 Å². The average Bonchev–Trinajstić information content (AvgIpc) is 2.15. The summed E-state index contributed by atoms with van der Waals surface area (Å²) in [5, 5.41) is 0. The predicted molar refractivity (Wildman–Crippen MR) is 60.9 cm³/mol. The molecule has 1 rings (SSSR count). The number of hydrogen-bond acceptors (Lipinski definition) is 1. The van der Waals surface area contributed by atoms with Crippen molar-refractivity contribution in [2.75, 3.05) is 6.54 Å². The third-order valence-electron chi connectivity index (χ3n) is 2.49. The molecule has 0 spiro atoms. The summed E-state index contributed by atoms with van der Waals surface area (Å²) in [6.45, 7) is 4.55. The molecule has 0 saturated heterocycles. The highest BCUT2D eigenvalue weighted by Gasteiger charge is 2.11. The van der Waals surface area contributed by atoms with Crippen molar-refractivity contribution < 1.29 is 4.39 Å². The molecule has 2 N–H and O–H groups in total. The Morgan fingerprint density at radius 2 is 2.07 bits per heavy atom. The third-order valence-corrected chi connectivity index (χ3v) is 3.07. The quantitative estimate of drug-likeness (QED) is 0.887. The third kappa shape index (κ3) is 2.34. The van der Waals surface area contributed by atoms with E-state index in [1.165, 1.54) is 0 Å². The Kier molecular flexibility index (Phi) is 4.08. The highest BCUT2D eigenvalue weighted by molar-refractivity contribution is 9.10. The summed E-state index contributed by atoms with van der Waals surface area (Å²) < 4.78 is 14.2. The lowest BCUT2D eigenvalue weighted by Crippen LogP contribution is -2.04. The van der Waals surface area contributed by atoms with E-state index in [9.17, 15) is 4.39 Å². The summed E-state index contributed by atoms with van der Waals surface area (Å²) in [6.07, 6.45) is 1.54. The van der Waals surface area contributed by atoms with E-state index in [1.54, 1.807) is 0 Å². The lowest BCUT2D eigenvalue weighted by atomic mass is 9.99. The molecule has 14 heavy (non-hydrogen) atoms. The Balaban J connectivity index is 3.11. The smallest absolute Gasteiger partial charge is 0.140 e. The minimum atomic E-state index is -0.137. The maximum atomic E-state index is 13.7. The standard InChI is InChI=1S/C11H15BrFN/c1-7-6-10(12)11(13)9(8(7)2)4-3-5-14/h6H,3-5,14H2,1-2H3. The largest absolute Gasteiger partial charge is 0.330 e. The van der Waals surface area contributed by atoms with Gasteiger partial charge >= 0.3 is 0 Å². The minimum absolute atomic E-state index is 0.137. The van der Waals surface area contributed by atoms with Crippen molar-refractivity contribution in [1.82, 2.24) is 0 Å². The lowest BCUT2D eigenvalue weighted by molar-refractivity contribution is 0.595. The molecule has 0 heterocycles. The van der Waals surface area contributed by atoms with Crippen molar-refractivity contribution in [2.24, 2.45) is 5.73 Å². The van der Waals surface area contributed by atoms with Crippen molar-refractivity contribution in [3.63, 3.8) is 0 Å². The Morgan fingerprint density at radius 3 is 2.64 bits per heavy atom. The van der Waals surface area contributed by atoms with E-state index in [2.05, 4.69) is 15.9 Å². The molecular formula is C11H15BrFN. The number of aryl methyl sites for hydroxylation is 1. The van der Waals surface area contributed by atoms with Gasteiger partial charge in [0.05, 0.1) is 4.47 Å². The fourth-order valence-electron chi connectivity index (χ4n) is 1.48. The van der Waals surface area contributed by atoms with Gasteiger partial charge < -0.3 is 5.73 Å². The molecular weight excluding hydrogens is 245 g/mol. The molecule has 0 aliphatic carbocycles. The van der Waals surface area contributed by atoms with Gasteiger partial charge in [-0.25, -0.2) is 4.39 Å². The molecule has 0 aromatic heterocycles. The molecule has 1 aromatic carbocycles. The zero-order chi connectivity index (χ0) is 10.7. The number of benzene rings is 1. The molecule has 0 aliphatic heterocycles. The summed E-state index contributed by atoms with van der Waals surface area (Å²) in [7, 11) is 0. The van der Waals surface area contributed by atoms with Gasteiger partial charge in [0.2, 0.25) is 0 Å². The van der Waals surface area contributed by atoms with Gasteiger partial charge in [-0.3, -0.25) is 0 Å². The normalized spacial score (nSPS) is 10.6. The topological polar surface area (TPSA) is 26.0 Å². The zero-order valence-corrected chi connectivity index (χ0v) is 10.1. The molecule has 0 aliphatic rings. The highest BCUT2D eigenvalue weighted by atomic mass is 79.9.